The van der Waals surface area contributed by atoms with Crippen molar-refractivity contribution in [1.29, 1.82) is 0 Å². The third kappa shape index (κ3) is 4.33. The molecule has 1 atom stereocenters. The molecule has 0 aromatic heterocycles. The first-order valence-electron chi connectivity index (χ1n) is 9.20. The molecule has 4 heteroatoms. The predicted octanol–water partition coefficient (Wildman–Crippen LogP) is 2.96. The van der Waals surface area contributed by atoms with Gasteiger partial charge in [0.15, 0.2) is 0 Å². The summed E-state index contributed by atoms with van der Waals surface area (Å²) in [7, 11) is 4.16. The molecule has 1 aliphatic heterocycles. The van der Waals surface area contributed by atoms with Crippen molar-refractivity contribution in [2.45, 2.75) is 12.5 Å². The molecule has 0 amide bonds. The number of benzene rings is 2. The zero-order valence-electron chi connectivity index (χ0n) is 15.4. The SMILES string of the molecule is CN(C)c1ccc(C(CCN)N2CCN(c3ccccc3)CC2)cc1. The van der Waals surface area contributed by atoms with Gasteiger partial charge in [0.1, 0.15) is 0 Å². The minimum absolute atomic E-state index is 0.416. The molecule has 134 valence electrons. The lowest BCUT2D eigenvalue weighted by Gasteiger charge is -2.40. The van der Waals surface area contributed by atoms with Crippen molar-refractivity contribution in [2.24, 2.45) is 5.73 Å². The van der Waals surface area contributed by atoms with Crippen LogP contribution in [0.15, 0.2) is 54.6 Å². The average molecular weight is 338 g/mol. The second-order valence-corrected chi connectivity index (χ2v) is 6.94. The molecule has 1 fully saturated rings. The smallest absolute Gasteiger partial charge is 0.0367 e. The van der Waals surface area contributed by atoms with Crippen molar-refractivity contribution in [3.8, 4) is 0 Å². The largest absolute Gasteiger partial charge is 0.378 e. The van der Waals surface area contributed by atoms with E-state index in [0.717, 1.165) is 39.1 Å². The molecule has 2 N–H and O–H groups in total. The van der Waals surface area contributed by atoms with Gasteiger partial charge < -0.3 is 15.5 Å². The van der Waals surface area contributed by atoms with Crippen LogP contribution in [0.5, 0.6) is 0 Å². The van der Waals surface area contributed by atoms with Crippen molar-refractivity contribution >= 4 is 11.4 Å². The summed E-state index contributed by atoms with van der Waals surface area (Å²) in [5, 5.41) is 0. The Morgan fingerprint density at radius 1 is 0.920 bits per heavy atom. The predicted molar refractivity (Wildman–Crippen MR) is 107 cm³/mol. The molecule has 0 bridgehead atoms. The average Bonchev–Trinajstić information content (AvgIpc) is 2.67. The van der Waals surface area contributed by atoms with E-state index >= 15 is 0 Å². The summed E-state index contributed by atoms with van der Waals surface area (Å²) >= 11 is 0. The van der Waals surface area contributed by atoms with E-state index < -0.39 is 0 Å². The van der Waals surface area contributed by atoms with Gasteiger partial charge in [0.05, 0.1) is 0 Å². The van der Waals surface area contributed by atoms with Crippen molar-refractivity contribution in [2.75, 3.05) is 56.6 Å². The van der Waals surface area contributed by atoms with Gasteiger partial charge in [-0.3, -0.25) is 4.90 Å². The molecule has 0 aliphatic carbocycles. The van der Waals surface area contributed by atoms with E-state index in [1.807, 2.05) is 0 Å². The van der Waals surface area contributed by atoms with E-state index in [1.54, 1.807) is 0 Å². The Hall–Kier alpha value is -2.04. The highest BCUT2D eigenvalue weighted by Gasteiger charge is 2.24. The molecule has 3 rings (SSSR count). The second kappa shape index (κ2) is 8.37. The Labute approximate surface area is 151 Å². The van der Waals surface area contributed by atoms with Crippen LogP contribution < -0.4 is 15.5 Å². The van der Waals surface area contributed by atoms with Crippen molar-refractivity contribution < 1.29 is 0 Å². The van der Waals surface area contributed by atoms with E-state index in [2.05, 4.69) is 83.4 Å². The van der Waals surface area contributed by atoms with Crippen LogP contribution in [-0.4, -0.2) is 51.7 Å². The zero-order chi connectivity index (χ0) is 17.6. The van der Waals surface area contributed by atoms with Crippen LogP contribution >= 0.6 is 0 Å². The molecule has 25 heavy (non-hydrogen) atoms. The van der Waals surface area contributed by atoms with E-state index in [1.165, 1.54) is 16.9 Å². The second-order valence-electron chi connectivity index (χ2n) is 6.94. The van der Waals surface area contributed by atoms with Crippen LogP contribution in [0.3, 0.4) is 0 Å². The highest BCUT2D eigenvalue weighted by Crippen LogP contribution is 2.28. The maximum Gasteiger partial charge on any atom is 0.0367 e. The first kappa shape index (κ1) is 17.8. The fourth-order valence-corrected chi connectivity index (χ4v) is 3.64. The summed E-state index contributed by atoms with van der Waals surface area (Å²) in [6.07, 6.45) is 1.01. The summed E-state index contributed by atoms with van der Waals surface area (Å²) in [5.41, 5.74) is 9.87. The van der Waals surface area contributed by atoms with Crippen LogP contribution in [0.25, 0.3) is 0 Å². The Kier molecular flexibility index (Phi) is 5.95. The summed E-state index contributed by atoms with van der Waals surface area (Å²) in [6, 6.07) is 20.1. The molecule has 1 saturated heterocycles. The number of hydrogen-bond acceptors (Lipinski definition) is 4. The third-order valence-corrected chi connectivity index (χ3v) is 5.11. The van der Waals surface area contributed by atoms with Gasteiger partial charge in [-0.2, -0.15) is 0 Å². The molecule has 1 aliphatic rings. The van der Waals surface area contributed by atoms with Gasteiger partial charge in [-0.1, -0.05) is 30.3 Å². The molecular formula is C21H30N4. The first-order chi connectivity index (χ1) is 12.2. The zero-order valence-corrected chi connectivity index (χ0v) is 15.4. The van der Waals surface area contributed by atoms with E-state index in [-0.39, 0.29) is 0 Å². The number of rotatable bonds is 6. The molecule has 0 spiro atoms. The Morgan fingerprint density at radius 2 is 1.56 bits per heavy atom. The van der Waals surface area contributed by atoms with Crippen molar-refractivity contribution in [1.82, 2.24) is 4.90 Å². The van der Waals surface area contributed by atoms with Crippen LogP contribution in [0.4, 0.5) is 11.4 Å². The van der Waals surface area contributed by atoms with Gasteiger partial charge >= 0.3 is 0 Å². The lowest BCUT2D eigenvalue weighted by atomic mass is 10.0. The highest BCUT2D eigenvalue weighted by molar-refractivity contribution is 5.47. The van der Waals surface area contributed by atoms with Crippen LogP contribution in [0, 0.1) is 0 Å². The van der Waals surface area contributed by atoms with Crippen LogP contribution in [-0.2, 0) is 0 Å². The van der Waals surface area contributed by atoms with Crippen LogP contribution in [0.2, 0.25) is 0 Å². The number of hydrogen-bond donors (Lipinski definition) is 1. The van der Waals surface area contributed by atoms with Crippen LogP contribution in [0.1, 0.15) is 18.0 Å². The van der Waals surface area contributed by atoms with Crippen molar-refractivity contribution in [3.05, 3.63) is 60.2 Å². The maximum absolute atomic E-state index is 5.92. The quantitative estimate of drug-likeness (QED) is 0.878. The molecular weight excluding hydrogens is 308 g/mol. The molecule has 1 unspecified atom stereocenters. The van der Waals surface area contributed by atoms with Gasteiger partial charge in [0, 0.05) is 57.7 Å². The molecule has 1 heterocycles. The third-order valence-electron chi connectivity index (χ3n) is 5.11. The number of nitrogens with zero attached hydrogens (tertiary/aromatic N) is 3. The first-order valence-corrected chi connectivity index (χ1v) is 9.20. The minimum Gasteiger partial charge on any atom is -0.378 e. The van der Waals surface area contributed by atoms with Gasteiger partial charge in [-0.15, -0.1) is 0 Å². The molecule has 0 radical (unpaired) electrons. The highest BCUT2D eigenvalue weighted by atomic mass is 15.3. The number of nitrogens with two attached hydrogens (primary N) is 1. The standard InChI is InChI=1S/C21H30N4/c1-23(2)19-10-8-18(9-11-19)21(12-13-22)25-16-14-24(15-17-25)20-6-4-3-5-7-20/h3-11,21H,12-17,22H2,1-2H3. The summed E-state index contributed by atoms with van der Waals surface area (Å²) in [4.78, 5) is 7.21. The molecule has 4 nitrogen and oxygen atoms in total. The minimum atomic E-state index is 0.416. The fraction of sp³-hybridized carbons (Fsp3) is 0.429. The van der Waals surface area contributed by atoms with E-state index in [9.17, 15) is 0 Å². The molecule has 0 saturated carbocycles. The molecule has 2 aromatic carbocycles. The number of anilines is 2. The van der Waals surface area contributed by atoms with Gasteiger partial charge in [-0.25, -0.2) is 0 Å². The summed E-state index contributed by atoms with van der Waals surface area (Å²) in [6.45, 7) is 5.02. The van der Waals surface area contributed by atoms with E-state index in [4.69, 9.17) is 5.73 Å². The number of para-hydroxylation sites is 1. The summed E-state index contributed by atoms with van der Waals surface area (Å²) in [5.74, 6) is 0. The Bertz CT molecular complexity index is 631. The Morgan fingerprint density at radius 3 is 2.12 bits per heavy atom. The normalized spacial score (nSPS) is 16.7. The van der Waals surface area contributed by atoms with Gasteiger partial charge in [0.2, 0.25) is 0 Å². The van der Waals surface area contributed by atoms with Crippen molar-refractivity contribution in [3.63, 3.8) is 0 Å². The Balaban J connectivity index is 1.67. The molecule has 2 aromatic rings. The van der Waals surface area contributed by atoms with E-state index in [0.29, 0.717) is 6.04 Å². The lowest BCUT2D eigenvalue weighted by Crippen LogP contribution is -2.48. The topological polar surface area (TPSA) is 35.7 Å². The number of piperazine rings is 1. The fourth-order valence-electron chi connectivity index (χ4n) is 3.64. The van der Waals surface area contributed by atoms with Gasteiger partial charge in [0.25, 0.3) is 0 Å². The monoisotopic (exact) mass is 338 g/mol. The van der Waals surface area contributed by atoms with Gasteiger partial charge in [-0.05, 0) is 42.8 Å². The summed E-state index contributed by atoms with van der Waals surface area (Å²) < 4.78 is 0. The maximum atomic E-state index is 5.92. The lowest BCUT2D eigenvalue weighted by molar-refractivity contribution is 0.179.